The first-order valence-corrected chi connectivity index (χ1v) is 8.07. The molecule has 1 aliphatic rings. The Balaban J connectivity index is 1.94. The monoisotopic (exact) mass is 368 g/mol. The second-order valence-electron chi connectivity index (χ2n) is 6.12. The molecule has 1 unspecified atom stereocenters. The lowest BCUT2D eigenvalue weighted by Gasteiger charge is -2.20. The van der Waals surface area contributed by atoms with Gasteiger partial charge in [0.25, 0.3) is 0 Å². The zero-order valence-electron chi connectivity index (χ0n) is 13.9. The number of hydrogen-bond donors (Lipinski definition) is 0. The van der Waals surface area contributed by atoms with Crippen LogP contribution in [0.1, 0.15) is 30.1 Å². The molecule has 7 heteroatoms. The van der Waals surface area contributed by atoms with Crippen molar-refractivity contribution in [1.82, 2.24) is 0 Å². The SMILES string of the molecule is COc1ccc(C(Cc2c(F)c(F)cc(F)c2F)OC(=O)C2CC2)cc1. The van der Waals surface area contributed by atoms with E-state index in [0.717, 1.165) is 0 Å². The number of rotatable bonds is 6. The van der Waals surface area contributed by atoms with Crippen molar-refractivity contribution >= 4 is 5.97 Å². The van der Waals surface area contributed by atoms with Gasteiger partial charge in [-0.15, -0.1) is 0 Å². The molecule has 2 aromatic carbocycles. The van der Waals surface area contributed by atoms with Gasteiger partial charge in [0.05, 0.1) is 13.0 Å². The molecule has 2 aromatic rings. The standard InChI is InChI=1S/C19H16F4O3/c1-25-12-6-4-10(5-7-12)16(26-19(24)11-2-3-11)8-13-17(22)14(20)9-15(21)18(13)23/h4-7,9,11,16H,2-3,8H2,1H3. The third-order valence-electron chi connectivity index (χ3n) is 4.25. The first-order chi connectivity index (χ1) is 12.4. The number of carbonyl (C=O) groups is 1. The van der Waals surface area contributed by atoms with Gasteiger partial charge in [-0.3, -0.25) is 4.79 Å². The highest BCUT2D eigenvalue weighted by Gasteiger charge is 2.34. The fourth-order valence-corrected chi connectivity index (χ4v) is 2.59. The number of benzene rings is 2. The molecule has 0 radical (unpaired) electrons. The van der Waals surface area contributed by atoms with Crippen molar-refractivity contribution in [2.45, 2.75) is 25.4 Å². The van der Waals surface area contributed by atoms with Crippen molar-refractivity contribution in [3.63, 3.8) is 0 Å². The maximum atomic E-state index is 14.0. The van der Waals surface area contributed by atoms with E-state index in [1.165, 1.54) is 7.11 Å². The van der Waals surface area contributed by atoms with Crippen molar-refractivity contribution in [3.8, 4) is 5.75 Å². The summed E-state index contributed by atoms with van der Waals surface area (Å²) >= 11 is 0. The lowest BCUT2D eigenvalue weighted by Crippen LogP contribution is -2.17. The van der Waals surface area contributed by atoms with Crippen LogP contribution in [0.5, 0.6) is 5.75 Å². The summed E-state index contributed by atoms with van der Waals surface area (Å²) in [7, 11) is 1.47. The van der Waals surface area contributed by atoms with Crippen molar-refractivity contribution in [1.29, 1.82) is 0 Å². The van der Waals surface area contributed by atoms with Crippen molar-refractivity contribution in [3.05, 3.63) is 64.7 Å². The van der Waals surface area contributed by atoms with Gasteiger partial charge in [-0.25, -0.2) is 17.6 Å². The first kappa shape index (κ1) is 18.2. The minimum absolute atomic E-state index is 0.146. The molecule has 0 bridgehead atoms. The third-order valence-corrected chi connectivity index (χ3v) is 4.25. The number of methoxy groups -OCH3 is 1. The quantitative estimate of drug-likeness (QED) is 0.428. The Kier molecular flexibility index (Phi) is 5.15. The average Bonchev–Trinajstić information content (AvgIpc) is 3.48. The lowest BCUT2D eigenvalue weighted by molar-refractivity contribution is -0.151. The number of esters is 1. The van der Waals surface area contributed by atoms with Gasteiger partial charge >= 0.3 is 5.97 Å². The van der Waals surface area contributed by atoms with E-state index in [2.05, 4.69) is 0 Å². The van der Waals surface area contributed by atoms with Crippen LogP contribution in [0.3, 0.4) is 0 Å². The molecule has 1 aliphatic carbocycles. The third kappa shape index (κ3) is 3.81. The molecule has 26 heavy (non-hydrogen) atoms. The Hall–Kier alpha value is -2.57. The van der Waals surface area contributed by atoms with Crippen molar-refractivity contribution in [2.75, 3.05) is 7.11 Å². The molecule has 1 saturated carbocycles. The molecule has 1 fully saturated rings. The predicted octanol–water partition coefficient (Wildman–Crippen LogP) is 4.49. The Morgan fingerprint density at radius 3 is 2.15 bits per heavy atom. The Bertz CT molecular complexity index is 790. The van der Waals surface area contributed by atoms with Gasteiger partial charge in [0.15, 0.2) is 23.3 Å². The molecule has 0 heterocycles. The minimum atomic E-state index is -1.50. The molecular formula is C19H16F4O3. The molecule has 1 atom stereocenters. The van der Waals surface area contributed by atoms with Gasteiger partial charge in [-0.05, 0) is 30.5 Å². The largest absolute Gasteiger partial charge is 0.497 e. The van der Waals surface area contributed by atoms with E-state index < -0.39 is 47.3 Å². The topological polar surface area (TPSA) is 35.5 Å². The van der Waals surface area contributed by atoms with Crippen LogP contribution in [0.4, 0.5) is 17.6 Å². The molecule has 0 saturated heterocycles. The van der Waals surface area contributed by atoms with E-state index in [9.17, 15) is 22.4 Å². The maximum absolute atomic E-state index is 14.0. The van der Waals surface area contributed by atoms with Gasteiger partial charge in [0.1, 0.15) is 11.9 Å². The normalized spacial score (nSPS) is 14.8. The van der Waals surface area contributed by atoms with Crippen molar-refractivity contribution < 1.29 is 31.8 Å². The number of hydrogen-bond acceptors (Lipinski definition) is 3. The van der Waals surface area contributed by atoms with E-state index in [1.54, 1.807) is 24.3 Å². The average molecular weight is 368 g/mol. The lowest BCUT2D eigenvalue weighted by atomic mass is 9.99. The molecule has 138 valence electrons. The van der Waals surface area contributed by atoms with E-state index >= 15 is 0 Å². The number of carbonyl (C=O) groups excluding carboxylic acids is 1. The van der Waals surface area contributed by atoms with Crippen LogP contribution in [0.25, 0.3) is 0 Å². The van der Waals surface area contributed by atoms with E-state index in [-0.39, 0.29) is 12.0 Å². The molecule has 0 N–H and O–H groups in total. The van der Waals surface area contributed by atoms with Crippen LogP contribution in [0, 0.1) is 29.2 Å². The molecule has 3 nitrogen and oxygen atoms in total. The molecule has 3 rings (SSSR count). The second-order valence-corrected chi connectivity index (χ2v) is 6.12. The first-order valence-electron chi connectivity index (χ1n) is 8.07. The van der Waals surface area contributed by atoms with E-state index in [1.807, 2.05) is 0 Å². The van der Waals surface area contributed by atoms with Crippen LogP contribution in [-0.4, -0.2) is 13.1 Å². The summed E-state index contributed by atoms with van der Waals surface area (Å²) in [6, 6.07) is 6.45. The summed E-state index contributed by atoms with van der Waals surface area (Å²) in [6.45, 7) is 0. The molecular weight excluding hydrogens is 352 g/mol. The van der Waals surface area contributed by atoms with Crippen LogP contribution < -0.4 is 4.74 Å². The molecule has 0 aromatic heterocycles. The van der Waals surface area contributed by atoms with Gasteiger partial charge in [0.2, 0.25) is 0 Å². The van der Waals surface area contributed by atoms with E-state index in [0.29, 0.717) is 24.2 Å². The zero-order valence-corrected chi connectivity index (χ0v) is 13.9. The van der Waals surface area contributed by atoms with Gasteiger partial charge in [0, 0.05) is 18.1 Å². The highest BCUT2D eigenvalue weighted by molar-refractivity contribution is 5.75. The minimum Gasteiger partial charge on any atom is -0.497 e. The Morgan fingerprint density at radius 2 is 1.65 bits per heavy atom. The van der Waals surface area contributed by atoms with Gasteiger partial charge in [-0.2, -0.15) is 0 Å². The molecule has 0 spiro atoms. The highest BCUT2D eigenvalue weighted by Crippen LogP contribution is 2.34. The fourth-order valence-electron chi connectivity index (χ4n) is 2.59. The summed E-state index contributed by atoms with van der Waals surface area (Å²) in [5.41, 5.74) is -0.366. The molecule has 0 amide bonds. The Labute approximate surface area is 147 Å². The summed E-state index contributed by atoms with van der Waals surface area (Å²) in [5, 5.41) is 0. The Morgan fingerprint density at radius 1 is 1.08 bits per heavy atom. The van der Waals surface area contributed by atoms with E-state index in [4.69, 9.17) is 9.47 Å². The molecule has 0 aliphatic heterocycles. The summed E-state index contributed by atoms with van der Waals surface area (Å²) in [5.74, 6) is -6.19. The van der Waals surface area contributed by atoms with Crippen LogP contribution >= 0.6 is 0 Å². The maximum Gasteiger partial charge on any atom is 0.309 e. The smallest absolute Gasteiger partial charge is 0.309 e. The highest BCUT2D eigenvalue weighted by atomic mass is 19.2. The summed E-state index contributed by atoms with van der Waals surface area (Å²) < 4.78 is 65.3. The van der Waals surface area contributed by atoms with Gasteiger partial charge < -0.3 is 9.47 Å². The number of ether oxygens (including phenoxy) is 2. The predicted molar refractivity (Wildman–Crippen MR) is 84.5 cm³/mol. The van der Waals surface area contributed by atoms with Crippen LogP contribution in [0.2, 0.25) is 0 Å². The van der Waals surface area contributed by atoms with Crippen molar-refractivity contribution in [2.24, 2.45) is 5.92 Å². The summed E-state index contributed by atoms with van der Waals surface area (Å²) in [6.07, 6.45) is -0.243. The second kappa shape index (κ2) is 7.35. The summed E-state index contributed by atoms with van der Waals surface area (Å²) in [4.78, 5) is 12.0. The number of halogens is 4. The zero-order chi connectivity index (χ0) is 18.8. The fraction of sp³-hybridized carbons (Fsp3) is 0.316. The van der Waals surface area contributed by atoms with Gasteiger partial charge in [-0.1, -0.05) is 12.1 Å². The van der Waals surface area contributed by atoms with Crippen LogP contribution in [-0.2, 0) is 16.0 Å². The van der Waals surface area contributed by atoms with Crippen LogP contribution in [0.15, 0.2) is 30.3 Å².